The average Bonchev–Trinajstić information content (AvgIpc) is 2.88. The van der Waals surface area contributed by atoms with Crippen LogP contribution in [-0.4, -0.2) is 16.8 Å². The fourth-order valence-corrected chi connectivity index (χ4v) is 2.29. The van der Waals surface area contributed by atoms with Crippen molar-refractivity contribution >= 4 is 11.7 Å². The monoisotopic (exact) mass is 261 g/mol. The SMILES string of the molecule is CCCCCC1=NOC(c2ccccc2C(=O)O)C1. The molecule has 1 atom stereocenters. The first kappa shape index (κ1) is 13.6. The number of carbonyl (C=O) groups is 1. The quantitative estimate of drug-likeness (QED) is 0.793. The summed E-state index contributed by atoms with van der Waals surface area (Å²) in [5, 5.41) is 13.3. The molecule has 1 aliphatic rings. The summed E-state index contributed by atoms with van der Waals surface area (Å²) in [6.07, 6.45) is 4.89. The Morgan fingerprint density at radius 1 is 1.42 bits per heavy atom. The number of nitrogens with zero attached hydrogens (tertiary/aromatic N) is 1. The lowest BCUT2D eigenvalue weighted by atomic mass is 9.97. The maximum atomic E-state index is 11.2. The summed E-state index contributed by atoms with van der Waals surface area (Å²) in [6, 6.07) is 6.97. The third-order valence-electron chi connectivity index (χ3n) is 3.34. The van der Waals surface area contributed by atoms with Crippen LogP contribution in [-0.2, 0) is 4.84 Å². The fourth-order valence-electron chi connectivity index (χ4n) is 2.29. The number of oxime groups is 1. The third kappa shape index (κ3) is 3.34. The van der Waals surface area contributed by atoms with Crippen molar-refractivity contribution in [2.75, 3.05) is 0 Å². The maximum Gasteiger partial charge on any atom is 0.336 e. The van der Waals surface area contributed by atoms with Crippen LogP contribution in [0.25, 0.3) is 0 Å². The van der Waals surface area contributed by atoms with E-state index in [0.717, 1.165) is 18.6 Å². The second kappa shape index (κ2) is 6.36. The highest BCUT2D eigenvalue weighted by Gasteiger charge is 2.26. The van der Waals surface area contributed by atoms with Gasteiger partial charge in [0.2, 0.25) is 0 Å². The summed E-state index contributed by atoms with van der Waals surface area (Å²) in [5.41, 5.74) is 2.06. The van der Waals surface area contributed by atoms with Gasteiger partial charge in [-0.2, -0.15) is 0 Å². The Labute approximate surface area is 113 Å². The summed E-state index contributed by atoms with van der Waals surface area (Å²) in [4.78, 5) is 16.6. The Morgan fingerprint density at radius 3 is 2.95 bits per heavy atom. The van der Waals surface area contributed by atoms with Crippen LogP contribution in [0.5, 0.6) is 0 Å². The van der Waals surface area contributed by atoms with Crippen LogP contribution in [0, 0.1) is 0 Å². The van der Waals surface area contributed by atoms with Gasteiger partial charge in [-0.05, 0) is 18.9 Å². The molecule has 0 saturated carbocycles. The zero-order valence-electron chi connectivity index (χ0n) is 11.1. The average molecular weight is 261 g/mol. The molecule has 0 spiro atoms. The molecule has 2 rings (SSSR count). The van der Waals surface area contributed by atoms with Gasteiger partial charge in [-0.3, -0.25) is 0 Å². The third-order valence-corrected chi connectivity index (χ3v) is 3.34. The predicted octanol–water partition coefficient (Wildman–Crippen LogP) is 3.78. The topological polar surface area (TPSA) is 58.9 Å². The van der Waals surface area contributed by atoms with Crippen molar-refractivity contribution < 1.29 is 14.7 Å². The van der Waals surface area contributed by atoms with E-state index >= 15 is 0 Å². The van der Waals surface area contributed by atoms with E-state index in [9.17, 15) is 9.90 Å². The molecule has 0 amide bonds. The highest BCUT2D eigenvalue weighted by Crippen LogP contribution is 2.31. The predicted molar refractivity (Wildman–Crippen MR) is 73.4 cm³/mol. The van der Waals surface area contributed by atoms with Gasteiger partial charge in [-0.1, -0.05) is 43.1 Å². The molecule has 1 aromatic rings. The van der Waals surface area contributed by atoms with Crippen LogP contribution < -0.4 is 0 Å². The van der Waals surface area contributed by atoms with Gasteiger partial charge in [-0.25, -0.2) is 4.79 Å². The number of hydrogen-bond donors (Lipinski definition) is 1. The molecule has 0 aliphatic carbocycles. The van der Waals surface area contributed by atoms with Crippen molar-refractivity contribution in [3.63, 3.8) is 0 Å². The number of aromatic carboxylic acids is 1. The molecule has 0 bridgehead atoms. The number of benzene rings is 1. The number of unbranched alkanes of at least 4 members (excludes halogenated alkanes) is 2. The molecule has 0 fully saturated rings. The van der Waals surface area contributed by atoms with E-state index in [1.54, 1.807) is 18.2 Å². The van der Waals surface area contributed by atoms with E-state index < -0.39 is 5.97 Å². The Morgan fingerprint density at radius 2 is 2.21 bits per heavy atom. The van der Waals surface area contributed by atoms with Crippen LogP contribution in [0.15, 0.2) is 29.4 Å². The van der Waals surface area contributed by atoms with Crippen LogP contribution >= 0.6 is 0 Å². The molecule has 1 aliphatic heterocycles. The summed E-state index contributed by atoms with van der Waals surface area (Å²) in [6.45, 7) is 2.17. The molecule has 4 nitrogen and oxygen atoms in total. The van der Waals surface area contributed by atoms with Gasteiger partial charge >= 0.3 is 5.97 Å². The van der Waals surface area contributed by atoms with Crippen molar-refractivity contribution in [2.24, 2.45) is 5.16 Å². The standard InChI is InChI=1S/C15H19NO3/c1-2-3-4-7-11-10-14(19-16-11)12-8-5-6-9-13(12)15(17)18/h5-6,8-9,14H,2-4,7,10H2,1H3,(H,17,18). The molecule has 0 aromatic heterocycles. The number of carboxylic acids is 1. The molecule has 4 heteroatoms. The number of carboxylic acid groups (broad SMARTS) is 1. The van der Waals surface area contributed by atoms with Crippen molar-refractivity contribution in [3.05, 3.63) is 35.4 Å². The fraction of sp³-hybridized carbons (Fsp3) is 0.467. The van der Waals surface area contributed by atoms with Gasteiger partial charge in [0.25, 0.3) is 0 Å². The summed E-state index contributed by atoms with van der Waals surface area (Å²) >= 11 is 0. The lowest BCUT2D eigenvalue weighted by molar-refractivity contribution is 0.0664. The van der Waals surface area contributed by atoms with E-state index in [4.69, 9.17) is 4.84 Å². The lowest BCUT2D eigenvalue weighted by Gasteiger charge is -2.11. The molecule has 1 N–H and O–H groups in total. The highest BCUT2D eigenvalue weighted by atomic mass is 16.6. The summed E-state index contributed by atoms with van der Waals surface area (Å²) in [7, 11) is 0. The van der Waals surface area contributed by atoms with Crippen LogP contribution in [0.2, 0.25) is 0 Å². The largest absolute Gasteiger partial charge is 0.478 e. The Bertz CT molecular complexity index is 482. The van der Waals surface area contributed by atoms with Gasteiger partial charge in [0.1, 0.15) is 0 Å². The van der Waals surface area contributed by atoms with E-state index in [0.29, 0.717) is 17.5 Å². The first-order chi connectivity index (χ1) is 9.22. The van der Waals surface area contributed by atoms with Crippen LogP contribution in [0.3, 0.4) is 0 Å². The second-order valence-electron chi connectivity index (χ2n) is 4.81. The molecule has 19 heavy (non-hydrogen) atoms. The number of hydrogen-bond acceptors (Lipinski definition) is 3. The Hall–Kier alpha value is -1.84. The van der Waals surface area contributed by atoms with Gasteiger partial charge in [0, 0.05) is 12.0 Å². The van der Waals surface area contributed by atoms with E-state index in [-0.39, 0.29) is 6.10 Å². The minimum atomic E-state index is -0.918. The van der Waals surface area contributed by atoms with E-state index in [2.05, 4.69) is 12.1 Å². The highest BCUT2D eigenvalue weighted by molar-refractivity contribution is 5.90. The van der Waals surface area contributed by atoms with Crippen LogP contribution in [0.1, 0.15) is 61.1 Å². The molecule has 1 heterocycles. The zero-order chi connectivity index (χ0) is 13.7. The lowest BCUT2D eigenvalue weighted by Crippen LogP contribution is -2.07. The number of rotatable bonds is 6. The molecule has 1 aromatic carbocycles. The zero-order valence-corrected chi connectivity index (χ0v) is 11.1. The van der Waals surface area contributed by atoms with Crippen LogP contribution in [0.4, 0.5) is 0 Å². The first-order valence-electron chi connectivity index (χ1n) is 6.76. The van der Waals surface area contributed by atoms with Crippen molar-refractivity contribution in [1.29, 1.82) is 0 Å². The van der Waals surface area contributed by atoms with Gasteiger partial charge in [0.15, 0.2) is 6.10 Å². The van der Waals surface area contributed by atoms with E-state index in [1.807, 2.05) is 6.07 Å². The van der Waals surface area contributed by atoms with Gasteiger partial charge < -0.3 is 9.94 Å². The van der Waals surface area contributed by atoms with Gasteiger partial charge in [0.05, 0.1) is 11.3 Å². The molecular formula is C15H19NO3. The van der Waals surface area contributed by atoms with Crippen molar-refractivity contribution in [1.82, 2.24) is 0 Å². The smallest absolute Gasteiger partial charge is 0.336 e. The van der Waals surface area contributed by atoms with E-state index in [1.165, 1.54) is 12.8 Å². The Balaban J connectivity index is 2.01. The van der Waals surface area contributed by atoms with Gasteiger partial charge in [-0.15, -0.1) is 0 Å². The van der Waals surface area contributed by atoms with Crippen molar-refractivity contribution in [2.45, 2.75) is 45.1 Å². The Kier molecular flexibility index (Phi) is 4.55. The molecule has 0 radical (unpaired) electrons. The first-order valence-corrected chi connectivity index (χ1v) is 6.76. The second-order valence-corrected chi connectivity index (χ2v) is 4.81. The normalized spacial score (nSPS) is 17.9. The van der Waals surface area contributed by atoms with Crippen molar-refractivity contribution in [3.8, 4) is 0 Å². The molecule has 1 unspecified atom stereocenters. The minimum Gasteiger partial charge on any atom is -0.478 e. The maximum absolute atomic E-state index is 11.2. The minimum absolute atomic E-state index is 0.246. The summed E-state index contributed by atoms with van der Waals surface area (Å²) in [5.74, 6) is -0.918. The summed E-state index contributed by atoms with van der Waals surface area (Å²) < 4.78 is 0. The molecule has 0 saturated heterocycles. The molecular weight excluding hydrogens is 242 g/mol. The molecule has 102 valence electrons.